The summed E-state index contributed by atoms with van der Waals surface area (Å²) >= 11 is 6.07. The molecule has 0 amide bonds. The summed E-state index contributed by atoms with van der Waals surface area (Å²) in [5, 5.41) is 3.77. The smallest absolute Gasteiger partial charge is 0.300 e. The lowest BCUT2D eigenvalue weighted by Crippen LogP contribution is -1.91. The Hall–Kier alpha value is -2.20. The Bertz CT molecular complexity index is 752. The highest BCUT2D eigenvalue weighted by Crippen LogP contribution is 2.27. The summed E-state index contributed by atoms with van der Waals surface area (Å²) in [6, 6.07) is 11.5. The molecule has 96 valence electrons. The van der Waals surface area contributed by atoms with Gasteiger partial charge in [-0.15, -0.1) is 0 Å². The van der Waals surface area contributed by atoms with Crippen molar-refractivity contribution in [3.63, 3.8) is 0 Å². The highest BCUT2D eigenvalue weighted by Gasteiger charge is 2.08. The van der Waals surface area contributed by atoms with Crippen LogP contribution in [0.25, 0.3) is 11.1 Å². The Labute approximate surface area is 115 Å². The fourth-order valence-electron chi connectivity index (χ4n) is 1.82. The van der Waals surface area contributed by atoms with Crippen LogP contribution in [0.3, 0.4) is 0 Å². The lowest BCUT2D eigenvalue weighted by atomic mass is 10.2. The largest absolute Gasteiger partial charge is 0.423 e. The number of aryl methyl sites for hydroxylation is 1. The molecule has 0 aliphatic carbocycles. The van der Waals surface area contributed by atoms with Crippen LogP contribution in [0, 0.1) is 6.92 Å². The summed E-state index contributed by atoms with van der Waals surface area (Å²) in [5.41, 5.74) is 9.58. The molecule has 0 spiro atoms. The molecule has 0 aliphatic heterocycles. The van der Waals surface area contributed by atoms with Gasteiger partial charge in [-0.3, -0.25) is 0 Å². The third-order valence-corrected chi connectivity index (χ3v) is 3.28. The highest BCUT2D eigenvalue weighted by molar-refractivity contribution is 6.31. The number of nitrogens with two attached hydrogens (primary N) is 1. The number of aromatic nitrogens is 1. The highest BCUT2D eigenvalue weighted by atomic mass is 35.5. The van der Waals surface area contributed by atoms with Gasteiger partial charge in [0, 0.05) is 10.7 Å². The maximum Gasteiger partial charge on any atom is 0.300 e. The zero-order valence-corrected chi connectivity index (χ0v) is 11.0. The van der Waals surface area contributed by atoms with Crippen molar-refractivity contribution in [2.75, 3.05) is 11.1 Å². The molecule has 3 rings (SSSR count). The van der Waals surface area contributed by atoms with E-state index in [-0.39, 0.29) is 0 Å². The Kier molecular flexibility index (Phi) is 2.80. The second kappa shape index (κ2) is 4.48. The molecule has 19 heavy (non-hydrogen) atoms. The maximum atomic E-state index is 6.07. The topological polar surface area (TPSA) is 64.1 Å². The van der Waals surface area contributed by atoms with Gasteiger partial charge in [0.1, 0.15) is 5.52 Å². The van der Waals surface area contributed by atoms with Crippen molar-refractivity contribution in [3.8, 4) is 0 Å². The predicted octanol–water partition coefficient (Wildman–Crippen LogP) is 4.12. The van der Waals surface area contributed by atoms with E-state index in [0.717, 1.165) is 11.3 Å². The van der Waals surface area contributed by atoms with Crippen LogP contribution < -0.4 is 11.1 Å². The van der Waals surface area contributed by atoms with Crippen LogP contribution in [-0.2, 0) is 0 Å². The van der Waals surface area contributed by atoms with Crippen LogP contribution in [-0.4, -0.2) is 4.98 Å². The summed E-state index contributed by atoms with van der Waals surface area (Å²) in [5.74, 6) is 0. The minimum Gasteiger partial charge on any atom is -0.423 e. The molecular formula is C14H12ClN3O. The first-order valence-electron chi connectivity index (χ1n) is 5.82. The van der Waals surface area contributed by atoms with Crippen LogP contribution in [0.4, 0.5) is 17.4 Å². The number of anilines is 3. The first kappa shape index (κ1) is 11.9. The van der Waals surface area contributed by atoms with E-state index in [1.807, 2.05) is 37.3 Å². The molecule has 4 nitrogen and oxygen atoms in total. The molecule has 0 saturated carbocycles. The average molecular weight is 274 g/mol. The Morgan fingerprint density at radius 3 is 2.84 bits per heavy atom. The monoisotopic (exact) mass is 273 g/mol. The lowest BCUT2D eigenvalue weighted by molar-refractivity contribution is 0.623. The number of rotatable bonds is 2. The summed E-state index contributed by atoms with van der Waals surface area (Å²) < 4.78 is 5.58. The number of hydrogen-bond acceptors (Lipinski definition) is 4. The van der Waals surface area contributed by atoms with E-state index < -0.39 is 0 Å². The molecule has 1 aromatic heterocycles. The van der Waals surface area contributed by atoms with Crippen molar-refractivity contribution in [2.24, 2.45) is 0 Å². The van der Waals surface area contributed by atoms with E-state index in [1.165, 1.54) is 0 Å². The number of halogens is 1. The van der Waals surface area contributed by atoms with Gasteiger partial charge in [0.05, 0.1) is 5.69 Å². The van der Waals surface area contributed by atoms with Gasteiger partial charge in [-0.25, -0.2) is 0 Å². The third-order valence-electron chi connectivity index (χ3n) is 2.87. The average Bonchev–Trinajstić information content (AvgIpc) is 2.78. The van der Waals surface area contributed by atoms with E-state index in [4.69, 9.17) is 21.8 Å². The standard InChI is InChI=1S/C14H12ClN3O/c1-8-5-6-9(7-10(8)15)17-14-18-13-11(16)3-2-4-12(13)19-14/h2-7H,16H2,1H3,(H,17,18). The van der Waals surface area contributed by atoms with Crippen LogP contribution in [0.5, 0.6) is 0 Å². The zero-order valence-electron chi connectivity index (χ0n) is 10.3. The van der Waals surface area contributed by atoms with Crippen molar-refractivity contribution in [1.82, 2.24) is 4.98 Å². The number of nitrogen functional groups attached to an aromatic ring is 1. The molecule has 0 saturated heterocycles. The minimum atomic E-state index is 0.396. The molecule has 0 fully saturated rings. The fourth-order valence-corrected chi connectivity index (χ4v) is 2.00. The van der Waals surface area contributed by atoms with Gasteiger partial charge in [-0.05, 0) is 36.8 Å². The summed E-state index contributed by atoms with van der Waals surface area (Å²) in [4.78, 5) is 4.31. The molecule has 3 N–H and O–H groups in total. The van der Waals surface area contributed by atoms with Crippen molar-refractivity contribution >= 4 is 40.1 Å². The van der Waals surface area contributed by atoms with Crippen molar-refractivity contribution in [2.45, 2.75) is 6.92 Å². The Balaban J connectivity index is 1.96. The zero-order chi connectivity index (χ0) is 13.4. The molecule has 0 radical (unpaired) electrons. The summed E-state index contributed by atoms with van der Waals surface area (Å²) in [7, 11) is 0. The second-order valence-corrected chi connectivity index (χ2v) is 4.71. The van der Waals surface area contributed by atoms with E-state index in [1.54, 1.807) is 6.07 Å². The normalized spacial score (nSPS) is 10.8. The summed E-state index contributed by atoms with van der Waals surface area (Å²) in [6.07, 6.45) is 0. The van der Waals surface area contributed by atoms with E-state index >= 15 is 0 Å². The number of nitrogens with one attached hydrogen (secondary N) is 1. The van der Waals surface area contributed by atoms with Crippen LogP contribution >= 0.6 is 11.6 Å². The molecular weight excluding hydrogens is 262 g/mol. The van der Waals surface area contributed by atoms with E-state index in [2.05, 4.69) is 10.3 Å². The molecule has 0 unspecified atom stereocenters. The molecule has 3 aromatic rings. The maximum absolute atomic E-state index is 6.07. The second-order valence-electron chi connectivity index (χ2n) is 4.30. The quantitative estimate of drug-likeness (QED) is 0.690. The molecule has 0 bridgehead atoms. The number of fused-ring (bicyclic) bond motifs is 1. The van der Waals surface area contributed by atoms with Gasteiger partial charge >= 0.3 is 0 Å². The molecule has 1 heterocycles. The van der Waals surface area contributed by atoms with E-state index in [9.17, 15) is 0 Å². The number of oxazole rings is 1. The molecule has 0 atom stereocenters. The predicted molar refractivity (Wildman–Crippen MR) is 77.9 cm³/mol. The van der Waals surface area contributed by atoms with E-state index in [0.29, 0.717) is 27.8 Å². The number of benzene rings is 2. The Morgan fingerprint density at radius 1 is 1.26 bits per heavy atom. The van der Waals surface area contributed by atoms with Crippen molar-refractivity contribution < 1.29 is 4.42 Å². The van der Waals surface area contributed by atoms with Crippen molar-refractivity contribution in [1.29, 1.82) is 0 Å². The van der Waals surface area contributed by atoms with Gasteiger partial charge in [0.15, 0.2) is 5.58 Å². The number of hydrogen-bond donors (Lipinski definition) is 2. The molecule has 5 heteroatoms. The van der Waals surface area contributed by atoms with Crippen LogP contribution in [0.1, 0.15) is 5.56 Å². The van der Waals surface area contributed by atoms with Gasteiger partial charge < -0.3 is 15.5 Å². The third kappa shape index (κ3) is 2.22. The van der Waals surface area contributed by atoms with Crippen LogP contribution in [0.15, 0.2) is 40.8 Å². The fraction of sp³-hybridized carbons (Fsp3) is 0.0714. The van der Waals surface area contributed by atoms with Gasteiger partial charge in [-0.1, -0.05) is 23.7 Å². The number of para-hydroxylation sites is 1. The molecule has 2 aromatic carbocycles. The Morgan fingerprint density at radius 2 is 2.11 bits per heavy atom. The van der Waals surface area contributed by atoms with Crippen molar-refractivity contribution in [3.05, 3.63) is 47.0 Å². The van der Waals surface area contributed by atoms with Gasteiger partial charge in [-0.2, -0.15) is 4.98 Å². The number of nitrogens with zero attached hydrogens (tertiary/aromatic N) is 1. The van der Waals surface area contributed by atoms with Gasteiger partial charge in [0.2, 0.25) is 0 Å². The first-order valence-corrected chi connectivity index (χ1v) is 6.19. The van der Waals surface area contributed by atoms with Gasteiger partial charge in [0.25, 0.3) is 6.01 Å². The minimum absolute atomic E-state index is 0.396. The SMILES string of the molecule is Cc1ccc(Nc2nc3c(N)cccc3o2)cc1Cl. The first-order chi connectivity index (χ1) is 9.13. The van der Waals surface area contributed by atoms with Crippen LogP contribution in [0.2, 0.25) is 5.02 Å². The lowest BCUT2D eigenvalue weighted by Gasteiger charge is -2.03. The summed E-state index contributed by atoms with van der Waals surface area (Å²) in [6.45, 7) is 1.95. The molecule has 0 aliphatic rings.